The van der Waals surface area contributed by atoms with Crippen LogP contribution in [-0.2, 0) is 11.3 Å². The Labute approximate surface area is 123 Å². The molecule has 0 aromatic carbocycles. The Morgan fingerprint density at radius 2 is 2.05 bits per heavy atom. The van der Waals surface area contributed by atoms with Crippen molar-refractivity contribution in [2.75, 3.05) is 6.54 Å². The predicted molar refractivity (Wildman–Crippen MR) is 74.5 cm³/mol. The molecule has 0 radical (unpaired) electrons. The molecule has 0 saturated heterocycles. The SMILES string of the molecule is Cc1noc(CNC(=O)NCC(CC(=O)O)CC(C)C)n1. The monoisotopic (exact) mass is 298 g/mol. The second kappa shape index (κ2) is 8.23. The van der Waals surface area contributed by atoms with Crippen molar-refractivity contribution in [3.05, 3.63) is 11.7 Å². The molecule has 8 heteroatoms. The van der Waals surface area contributed by atoms with Gasteiger partial charge in [-0.15, -0.1) is 0 Å². The van der Waals surface area contributed by atoms with E-state index in [2.05, 4.69) is 20.8 Å². The summed E-state index contributed by atoms with van der Waals surface area (Å²) in [5.74, 6) is 0.265. The van der Waals surface area contributed by atoms with Gasteiger partial charge < -0.3 is 20.3 Å². The minimum atomic E-state index is -0.857. The molecular formula is C13H22N4O4. The molecule has 8 nitrogen and oxygen atoms in total. The molecule has 0 fully saturated rings. The van der Waals surface area contributed by atoms with E-state index in [9.17, 15) is 9.59 Å². The summed E-state index contributed by atoms with van der Waals surface area (Å²) in [5.41, 5.74) is 0. The number of carbonyl (C=O) groups is 2. The van der Waals surface area contributed by atoms with Gasteiger partial charge in [-0.3, -0.25) is 4.79 Å². The zero-order valence-corrected chi connectivity index (χ0v) is 12.5. The third-order valence-corrected chi connectivity index (χ3v) is 2.79. The van der Waals surface area contributed by atoms with Crippen LogP contribution in [0.5, 0.6) is 0 Å². The smallest absolute Gasteiger partial charge is 0.315 e. The number of aromatic nitrogens is 2. The number of carboxylic acid groups (broad SMARTS) is 1. The summed E-state index contributed by atoms with van der Waals surface area (Å²) in [6.45, 7) is 6.19. The van der Waals surface area contributed by atoms with Crippen LogP contribution >= 0.6 is 0 Å². The van der Waals surface area contributed by atoms with Crippen LogP contribution in [0.1, 0.15) is 38.4 Å². The highest BCUT2D eigenvalue weighted by molar-refractivity contribution is 5.73. The van der Waals surface area contributed by atoms with Gasteiger partial charge in [0.1, 0.15) is 0 Å². The predicted octanol–water partition coefficient (Wildman–Crippen LogP) is 1.31. The third kappa shape index (κ3) is 7.28. The first-order valence-electron chi connectivity index (χ1n) is 6.89. The molecule has 1 heterocycles. The number of carbonyl (C=O) groups excluding carboxylic acids is 1. The van der Waals surface area contributed by atoms with Crippen molar-refractivity contribution < 1.29 is 19.2 Å². The van der Waals surface area contributed by atoms with E-state index in [4.69, 9.17) is 9.63 Å². The van der Waals surface area contributed by atoms with Gasteiger partial charge in [0.05, 0.1) is 6.54 Å². The number of rotatable bonds is 8. The van der Waals surface area contributed by atoms with Crippen molar-refractivity contribution >= 4 is 12.0 Å². The molecule has 0 aliphatic carbocycles. The van der Waals surface area contributed by atoms with Gasteiger partial charge in [-0.25, -0.2) is 4.79 Å². The summed E-state index contributed by atoms with van der Waals surface area (Å²) < 4.78 is 4.86. The van der Waals surface area contributed by atoms with Crippen LogP contribution in [-0.4, -0.2) is 33.8 Å². The standard InChI is InChI=1S/C13H22N4O4/c1-8(2)4-10(5-12(18)19)6-14-13(20)15-7-11-16-9(3)17-21-11/h8,10H,4-7H2,1-3H3,(H,18,19)(H2,14,15,20). The lowest BCUT2D eigenvalue weighted by atomic mass is 9.94. The lowest BCUT2D eigenvalue weighted by Crippen LogP contribution is -2.38. The molecular weight excluding hydrogens is 276 g/mol. The molecule has 1 aromatic rings. The molecule has 2 amide bonds. The van der Waals surface area contributed by atoms with E-state index in [1.807, 2.05) is 13.8 Å². The summed E-state index contributed by atoms with van der Waals surface area (Å²) in [5, 5.41) is 17.7. The zero-order valence-electron chi connectivity index (χ0n) is 12.5. The van der Waals surface area contributed by atoms with Crippen LogP contribution in [0.25, 0.3) is 0 Å². The molecule has 0 spiro atoms. The van der Waals surface area contributed by atoms with E-state index in [0.29, 0.717) is 24.2 Å². The average molecular weight is 298 g/mol. The lowest BCUT2D eigenvalue weighted by Gasteiger charge is -2.17. The molecule has 0 bridgehead atoms. The molecule has 0 saturated carbocycles. The molecule has 1 atom stereocenters. The van der Waals surface area contributed by atoms with Crippen molar-refractivity contribution in [1.82, 2.24) is 20.8 Å². The maximum Gasteiger partial charge on any atom is 0.315 e. The van der Waals surface area contributed by atoms with Gasteiger partial charge in [0.15, 0.2) is 5.82 Å². The van der Waals surface area contributed by atoms with E-state index < -0.39 is 5.97 Å². The Hall–Kier alpha value is -2.12. The van der Waals surface area contributed by atoms with Crippen molar-refractivity contribution in [3.8, 4) is 0 Å². The van der Waals surface area contributed by atoms with Gasteiger partial charge >= 0.3 is 12.0 Å². The normalized spacial score (nSPS) is 12.2. The number of amides is 2. The lowest BCUT2D eigenvalue weighted by molar-refractivity contribution is -0.138. The van der Waals surface area contributed by atoms with E-state index in [-0.39, 0.29) is 24.9 Å². The second-order valence-electron chi connectivity index (χ2n) is 5.39. The van der Waals surface area contributed by atoms with Crippen LogP contribution in [0.15, 0.2) is 4.52 Å². The Kier molecular flexibility index (Phi) is 6.64. The van der Waals surface area contributed by atoms with Crippen LogP contribution in [0, 0.1) is 18.8 Å². The van der Waals surface area contributed by atoms with E-state index >= 15 is 0 Å². The summed E-state index contributed by atoms with van der Waals surface area (Å²) in [4.78, 5) is 26.4. The maximum atomic E-state index is 11.6. The molecule has 1 rings (SSSR count). The zero-order chi connectivity index (χ0) is 15.8. The number of nitrogens with zero attached hydrogens (tertiary/aromatic N) is 2. The van der Waals surface area contributed by atoms with Gasteiger partial charge in [0.25, 0.3) is 0 Å². The number of nitrogens with one attached hydrogen (secondary N) is 2. The Morgan fingerprint density at radius 1 is 1.33 bits per heavy atom. The van der Waals surface area contributed by atoms with Crippen molar-refractivity contribution in [2.24, 2.45) is 11.8 Å². The van der Waals surface area contributed by atoms with Gasteiger partial charge in [0.2, 0.25) is 5.89 Å². The van der Waals surface area contributed by atoms with Crippen molar-refractivity contribution in [2.45, 2.75) is 40.2 Å². The first-order valence-corrected chi connectivity index (χ1v) is 6.89. The first kappa shape index (κ1) is 16.9. The van der Waals surface area contributed by atoms with Gasteiger partial charge in [0, 0.05) is 13.0 Å². The minimum Gasteiger partial charge on any atom is -0.481 e. The Bertz CT molecular complexity index is 472. The van der Waals surface area contributed by atoms with E-state index in [0.717, 1.165) is 6.42 Å². The molecule has 118 valence electrons. The van der Waals surface area contributed by atoms with Crippen molar-refractivity contribution in [1.29, 1.82) is 0 Å². The van der Waals surface area contributed by atoms with Crippen LogP contribution in [0.2, 0.25) is 0 Å². The summed E-state index contributed by atoms with van der Waals surface area (Å²) >= 11 is 0. The van der Waals surface area contributed by atoms with E-state index in [1.54, 1.807) is 6.92 Å². The number of aryl methyl sites for hydroxylation is 1. The Balaban J connectivity index is 2.33. The number of carboxylic acids is 1. The molecule has 1 aromatic heterocycles. The van der Waals surface area contributed by atoms with Crippen LogP contribution in [0.4, 0.5) is 4.79 Å². The van der Waals surface area contributed by atoms with E-state index in [1.165, 1.54) is 0 Å². The number of urea groups is 1. The minimum absolute atomic E-state index is 0.0430. The van der Waals surface area contributed by atoms with Crippen molar-refractivity contribution in [3.63, 3.8) is 0 Å². The topological polar surface area (TPSA) is 117 Å². The quantitative estimate of drug-likeness (QED) is 0.666. The first-order chi connectivity index (χ1) is 9.86. The fraction of sp³-hybridized carbons (Fsp3) is 0.692. The highest BCUT2D eigenvalue weighted by Gasteiger charge is 2.16. The highest BCUT2D eigenvalue weighted by atomic mass is 16.5. The molecule has 3 N–H and O–H groups in total. The summed E-state index contributed by atoms with van der Waals surface area (Å²) in [6, 6.07) is -0.384. The fourth-order valence-electron chi connectivity index (χ4n) is 2.02. The van der Waals surface area contributed by atoms with Crippen LogP contribution in [0.3, 0.4) is 0 Å². The third-order valence-electron chi connectivity index (χ3n) is 2.79. The summed E-state index contributed by atoms with van der Waals surface area (Å²) in [6.07, 6.45) is 0.788. The fourth-order valence-corrected chi connectivity index (χ4v) is 2.02. The molecule has 0 aliphatic rings. The van der Waals surface area contributed by atoms with Crippen LogP contribution < -0.4 is 10.6 Å². The number of hydrogen-bond acceptors (Lipinski definition) is 5. The van der Waals surface area contributed by atoms with Gasteiger partial charge in [-0.1, -0.05) is 19.0 Å². The maximum absolute atomic E-state index is 11.6. The number of aliphatic carboxylic acids is 1. The Morgan fingerprint density at radius 3 is 2.57 bits per heavy atom. The van der Waals surface area contributed by atoms with Gasteiger partial charge in [-0.05, 0) is 25.2 Å². The van der Waals surface area contributed by atoms with Gasteiger partial charge in [-0.2, -0.15) is 4.98 Å². The highest BCUT2D eigenvalue weighted by Crippen LogP contribution is 2.14. The molecule has 1 unspecified atom stereocenters. The average Bonchev–Trinajstić information content (AvgIpc) is 2.78. The second-order valence-corrected chi connectivity index (χ2v) is 5.39. The summed E-state index contributed by atoms with van der Waals surface area (Å²) in [7, 11) is 0. The molecule has 0 aliphatic heterocycles. The number of hydrogen-bond donors (Lipinski definition) is 3. The largest absolute Gasteiger partial charge is 0.481 e. The molecule has 21 heavy (non-hydrogen) atoms.